The van der Waals surface area contributed by atoms with Crippen LogP contribution in [0.4, 0.5) is 11.4 Å². The van der Waals surface area contributed by atoms with E-state index >= 15 is 0 Å². The van der Waals surface area contributed by atoms with E-state index < -0.39 is 0 Å². The molecule has 19 heavy (non-hydrogen) atoms. The molecule has 1 unspecified atom stereocenters. The summed E-state index contributed by atoms with van der Waals surface area (Å²) < 4.78 is 0. The number of benzene rings is 1. The van der Waals surface area contributed by atoms with E-state index in [2.05, 4.69) is 29.6 Å². The van der Waals surface area contributed by atoms with Crippen LogP contribution in [0.1, 0.15) is 25.7 Å². The number of nitrogens with one attached hydrogen (secondary N) is 1. The number of rotatable bonds is 3. The van der Waals surface area contributed by atoms with Gasteiger partial charge in [-0.25, -0.2) is 0 Å². The van der Waals surface area contributed by atoms with Gasteiger partial charge in [0.1, 0.15) is 0 Å². The van der Waals surface area contributed by atoms with Gasteiger partial charge in [0.25, 0.3) is 0 Å². The molecule has 0 radical (unpaired) electrons. The van der Waals surface area contributed by atoms with Crippen LogP contribution in [0.2, 0.25) is 0 Å². The summed E-state index contributed by atoms with van der Waals surface area (Å²) in [5.74, 6) is 2.75. The number of thioether (sulfide) groups is 1. The van der Waals surface area contributed by atoms with E-state index in [0.717, 1.165) is 18.7 Å². The summed E-state index contributed by atoms with van der Waals surface area (Å²) in [7, 11) is 0. The fourth-order valence-electron chi connectivity index (χ4n) is 2.75. The average Bonchev–Trinajstić information content (AvgIpc) is 2.87. The molecule has 1 aromatic rings. The molecule has 0 aliphatic carbocycles. The second-order valence-corrected chi connectivity index (χ2v) is 6.40. The van der Waals surface area contributed by atoms with Crippen molar-refractivity contribution < 1.29 is 4.79 Å². The van der Waals surface area contributed by atoms with Gasteiger partial charge in [0, 0.05) is 36.1 Å². The number of nitrogens with zero attached hydrogens (tertiary/aromatic N) is 1. The van der Waals surface area contributed by atoms with Crippen LogP contribution in [-0.2, 0) is 4.79 Å². The van der Waals surface area contributed by atoms with Gasteiger partial charge in [-0.3, -0.25) is 4.79 Å². The van der Waals surface area contributed by atoms with Crippen molar-refractivity contribution in [2.24, 2.45) is 0 Å². The highest BCUT2D eigenvalue weighted by atomic mass is 32.2. The number of anilines is 2. The molecule has 3 nitrogen and oxygen atoms in total. The number of hydrogen-bond donors (Lipinski definition) is 1. The second-order valence-electron chi connectivity index (χ2n) is 5.25. The van der Waals surface area contributed by atoms with Crippen LogP contribution in [0, 0.1) is 0 Å². The first kappa shape index (κ1) is 12.9. The van der Waals surface area contributed by atoms with Gasteiger partial charge in [0.2, 0.25) is 5.91 Å². The van der Waals surface area contributed by atoms with E-state index in [-0.39, 0.29) is 5.91 Å². The monoisotopic (exact) mass is 276 g/mol. The summed E-state index contributed by atoms with van der Waals surface area (Å²) in [5.41, 5.74) is 2.20. The third kappa shape index (κ3) is 3.06. The predicted molar refractivity (Wildman–Crippen MR) is 82.0 cm³/mol. The maximum absolute atomic E-state index is 11.7. The molecular weight excluding hydrogens is 256 g/mol. The molecule has 2 saturated heterocycles. The van der Waals surface area contributed by atoms with E-state index in [1.165, 1.54) is 30.0 Å². The van der Waals surface area contributed by atoms with E-state index in [1.807, 2.05) is 16.7 Å². The molecule has 2 aliphatic rings. The summed E-state index contributed by atoms with van der Waals surface area (Å²) in [4.78, 5) is 13.6. The van der Waals surface area contributed by atoms with Gasteiger partial charge >= 0.3 is 0 Å². The van der Waals surface area contributed by atoms with Gasteiger partial charge in [0.15, 0.2) is 0 Å². The summed E-state index contributed by atoms with van der Waals surface area (Å²) in [6.45, 7) is 0.866. The number of hydrogen-bond acceptors (Lipinski definition) is 3. The molecule has 1 N–H and O–H groups in total. The lowest BCUT2D eigenvalue weighted by Gasteiger charge is -2.24. The van der Waals surface area contributed by atoms with Gasteiger partial charge in [0.05, 0.1) is 0 Å². The molecule has 2 aliphatic heterocycles. The zero-order valence-electron chi connectivity index (χ0n) is 11.1. The molecule has 2 fully saturated rings. The van der Waals surface area contributed by atoms with E-state index in [9.17, 15) is 4.79 Å². The highest BCUT2D eigenvalue weighted by Crippen LogP contribution is 2.25. The molecule has 4 heteroatoms. The maximum atomic E-state index is 11.7. The Labute approximate surface area is 118 Å². The third-order valence-corrected chi connectivity index (χ3v) is 5.00. The van der Waals surface area contributed by atoms with E-state index in [4.69, 9.17) is 0 Å². The van der Waals surface area contributed by atoms with Crippen molar-refractivity contribution in [3.05, 3.63) is 24.3 Å². The van der Waals surface area contributed by atoms with Crippen molar-refractivity contribution in [2.75, 3.05) is 28.3 Å². The smallest absolute Gasteiger partial charge is 0.227 e. The van der Waals surface area contributed by atoms with Crippen LogP contribution in [0.3, 0.4) is 0 Å². The molecular formula is C15H20N2OS. The van der Waals surface area contributed by atoms with Crippen LogP contribution in [0.5, 0.6) is 0 Å². The Bertz CT molecular complexity index is 440. The van der Waals surface area contributed by atoms with Gasteiger partial charge in [-0.2, -0.15) is 11.8 Å². The van der Waals surface area contributed by atoms with E-state index in [0.29, 0.717) is 12.5 Å². The molecule has 1 atom stereocenters. The zero-order chi connectivity index (χ0) is 13.1. The SMILES string of the molecule is O=C1CCCN1c1ccc(NC2CCCSC2)cc1. The summed E-state index contributed by atoms with van der Waals surface area (Å²) in [6.07, 6.45) is 4.25. The largest absolute Gasteiger partial charge is 0.381 e. The maximum Gasteiger partial charge on any atom is 0.227 e. The third-order valence-electron chi connectivity index (χ3n) is 3.78. The first-order valence-corrected chi connectivity index (χ1v) is 8.23. The van der Waals surface area contributed by atoms with Crippen molar-refractivity contribution in [3.63, 3.8) is 0 Å². The Hall–Kier alpha value is -1.16. The Morgan fingerprint density at radius 2 is 2.05 bits per heavy atom. The molecule has 1 amide bonds. The lowest BCUT2D eigenvalue weighted by atomic mass is 10.1. The molecule has 1 aromatic carbocycles. The van der Waals surface area contributed by atoms with Crippen LogP contribution >= 0.6 is 11.8 Å². The molecule has 0 spiro atoms. The van der Waals surface area contributed by atoms with Gasteiger partial charge in [-0.15, -0.1) is 0 Å². The molecule has 3 rings (SSSR count). The molecule has 2 heterocycles. The number of carbonyl (C=O) groups excluding carboxylic acids is 1. The lowest BCUT2D eigenvalue weighted by Crippen LogP contribution is -2.26. The minimum atomic E-state index is 0.254. The standard InChI is InChI=1S/C15H20N2OS/c18-15-4-1-9-17(15)14-7-5-12(6-8-14)16-13-3-2-10-19-11-13/h5-8,13,16H,1-4,9-11H2. The van der Waals surface area contributed by atoms with Crippen molar-refractivity contribution in [1.82, 2.24) is 0 Å². The topological polar surface area (TPSA) is 32.3 Å². The van der Waals surface area contributed by atoms with Crippen molar-refractivity contribution in [3.8, 4) is 0 Å². The Kier molecular flexibility index (Phi) is 3.97. The summed E-state index contributed by atoms with van der Waals surface area (Å²) >= 11 is 2.03. The van der Waals surface area contributed by atoms with Crippen LogP contribution in [0.15, 0.2) is 24.3 Å². The first-order valence-electron chi connectivity index (χ1n) is 7.08. The van der Waals surface area contributed by atoms with Crippen molar-refractivity contribution >= 4 is 29.0 Å². The quantitative estimate of drug-likeness (QED) is 0.920. The van der Waals surface area contributed by atoms with Crippen LogP contribution in [0.25, 0.3) is 0 Å². The molecule has 102 valence electrons. The summed E-state index contributed by atoms with van der Waals surface area (Å²) in [5, 5.41) is 3.59. The van der Waals surface area contributed by atoms with E-state index in [1.54, 1.807) is 0 Å². The zero-order valence-corrected chi connectivity index (χ0v) is 11.9. The second kappa shape index (κ2) is 5.87. The van der Waals surface area contributed by atoms with Crippen LogP contribution in [-0.4, -0.2) is 30.0 Å². The van der Waals surface area contributed by atoms with Crippen molar-refractivity contribution in [1.29, 1.82) is 0 Å². The minimum absolute atomic E-state index is 0.254. The van der Waals surface area contributed by atoms with Crippen molar-refractivity contribution in [2.45, 2.75) is 31.7 Å². The van der Waals surface area contributed by atoms with Gasteiger partial charge < -0.3 is 10.2 Å². The number of amides is 1. The molecule has 0 saturated carbocycles. The summed E-state index contributed by atoms with van der Waals surface area (Å²) in [6, 6.07) is 8.90. The first-order chi connectivity index (χ1) is 9.33. The van der Waals surface area contributed by atoms with Crippen LogP contribution < -0.4 is 10.2 Å². The molecule has 0 aromatic heterocycles. The fourth-order valence-corrected chi connectivity index (χ4v) is 3.82. The Morgan fingerprint density at radius 3 is 2.68 bits per heavy atom. The highest BCUT2D eigenvalue weighted by molar-refractivity contribution is 7.99. The minimum Gasteiger partial charge on any atom is -0.381 e. The molecule has 0 bridgehead atoms. The number of carbonyl (C=O) groups is 1. The Balaban J connectivity index is 1.63. The Morgan fingerprint density at radius 1 is 1.21 bits per heavy atom. The normalized spacial score (nSPS) is 23.7. The van der Waals surface area contributed by atoms with Gasteiger partial charge in [-0.05, 0) is 49.3 Å². The lowest BCUT2D eigenvalue weighted by molar-refractivity contribution is -0.117. The predicted octanol–water partition coefficient (Wildman–Crippen LogP) is 3.12. The highest BCUT2D eigenvalue weighted by Gasteiger charge is 2.21. The fraction of sp³-hybridized carbons (Fsp3) is 0.533. The average molecular weight is 276 g/mol. The van der Waals surface area contributed by atoms with Gasteiger partial charge in [-0.1, -0.05) is 0 Å².